The number of thioether (sulfide) groups is 1. The molecule has 136 valence electrons. The minimum Gasteiger partial charge on any atom is -0.497 e. The largest absolute Gasteiger partial charge is 0.497 e. The van der Waals surface area contributed by atoms with E-state index in [0.717, 1.165) is 48.2 Å². The van der Waals surface area contributed by atoms with E-state index in [1.54, 1.807) is 26.0 Å². The molecule has 1 amide bonds. The van der Waals surface area contributed by atoms with E-state index in [0.29, 0.717) is 11.7 Å². The van der Waals surface area contributed by atoms with Crippen LogP contribution in [-0.4, -0.2) is 53.9 Å². The average Bonchev–Trinajstić information content (AvgIpc) is 3.07. The van der Waals surface area contributed by atoms with Crippen LogP contribution in [0.2, 0.25) is 0 Å². The number of hydrogen-bond acceptors (Lipinski definition) is 6. The van der Waals surface area contributed by atoms with Gasteiger partial charge in [0.2, 0.25) is 5.91 Å². The van der Waals surface area contributed by atoms with Crippen molar-refractivity contribution in [1.29, 1.82) is 0 Å². The zero-order valence-electron chi connectivity index (χ0n) is 14.9. The fourth-order valence-corrected chi connectivity index (χ4v) is 5.40. The zero-order chi connectivity index (χ0) is 17.8. The molecule has 2 bridgehead atoms. The predicted octanol–water partition coefficient (Wildman–Crippen LogP) is 2.63. The van der Waals surface area contributed by atoms with Gasteiger partial charge in [-0.2, -0.15) is 0 Å². The number of benzene rings is 1. The minimum atomic E-state index is -0.187. The summed E-state index contributed by atoms with van der Waals surface area (Å²) in [6.07, 6.45) is 2.30. The fourth-order valence-electron chi connectivity index (χ4n) is 4.50. The number of hydrogen-bond donors (Lipinski definition) is 0. The van der Waals surface area contributed by atoms with E-state index < -0.39 is 0 Å². The number of amidine groups is 1. The van der Waals surface area contributed by atoms with Crippen molar-refractivity contribution in [1.82, 2.24) is 9.80 Å². The third kappa shape index (κ3) is 2.19. The van der Waals surface area contributed by atoms with Gasteiger partial charge in [0.1, 0.15) is 17.5 Å². The maximum Gasteiger partial charge on any atom is 0.239 e. The van der Waals surface area contributed by atoms with Gasteiger partial charge in [-0.1, -0.05) is 11.8 Å². The maximum absolute atomic E-state index is 12.7. The highest BCUT2D eigenvalue weighted by atomic mass is 32.2. The third-order valence-electron chi connectivity index (χ3n) is 5.75. The van der Waals surface area contributed by atoms with Crippen LogP contribution in [0.15, 0.2) is 34.6 Å². The molecule has 6 rings (SSSR count). The standard InChI is InChI=1S/C19H21N3O3S/c1-24-12-3-4-14(25-2)13(9-12)17-18-16(11-5-7-21(18)8-6-11)20-19-22(17)15(23)10-26-19/h3-4,9,11,17H,5-8,10H2,1-2H3/t17-/m0/s1. The first kappa shape index (κ1) is 16.1. The molecule has 0 unspecified atom stereocenters. The van der Waals surface area contributed by atoms with Gasteiger partial charge >= 0.3 is 0 Å². The van der Waals surface area contributed by atoms with E-state index in [1.165, 1.54) is 11.4 Å². The molecule has 7 heteroatoms. The van der Waals surface area contributed by atoms with Gasteiger partial charge < -0.3 is 14.4 Å². The summed E-state index contributed by atoms with van der Waals surface area (Å²) in [7, 11) is 3.33. The molecule has 0 saturated carbocycles. The van der Waals surface area contributed by atoms with Crippen LogP contribution in [0.25, 0.3) is 0 Å². The summed E-state index contributed by atoms with van der Waals surface area (Å²) in [6, 6.07) is 5.62. The van der Waals surface area contributed by atoms with Crippen LogP contribution in [0.3, 0.4) is 0 Å². The number of amides is 1. The van der Waals surface area contributed by atoms with Crippen LogP contribution in [0, 0.1) is 5.92 Å². The zero-order valence-corrected chi connectivity index (χ0v) is 15.7. The molecule has 5 aliphatic heterocycles. The Bertz CT molecular complexity index is 842. The number of allylic oxidation sites excluding steroid dienone is 1. The van der Waals surface area contributed by atoms with E-state index in [2.05, 4.69) is 4.90 Å². The molecule has 5 heterocycles. The molecule has 0 aromatic heterocycles. The van der Waals surface area contributed by atoms with E-state index in [-0.39, 0.29) is 11.9 Å². The van der Waals surface area contributed by atoms with E-state index in [1.807, 2.05) is 23.1 Å². The number of ether oxygens (including phenoxy) is 2. The molecular weight excluding hydrogens is 350 g/mol. The number of carbonyl (C=O) groups is 1. The van der Waals surface area contributed by atoms with Crippen LogP contribution >= 0.6 is 11.8 Å². The number of methoxy groups -OCH3 is 2. The topological polar surface area (TPSA) is 54.4 Å². The van der Waals surface area contributed by atoms with Gasteiger partial charge in [0.05, 0.1) is 31.4 Å². The Kier molecular flexibility index (Phi) is 3.67. The summed E-state index contributed by atoms with van der Waals surface area (Å²) < 4.78 is 11.1. The van der Waals surface area contributed by atoms with Crippen LogP contribution in [0.5, 0.6) is 11.5 Å². The van der Waals surface area contributed by atoms with E-state index >= 15 is 0 Å². The fraction of sp³-hybridized carbons (Fsp3) is 0.474. The molecule has 2 fully saturated rings. The maximum atomic E-state index is 12.7. The van der Waals surface area contributed by atoms with Crippen molar-refractivity contribution in [3.63, 3.8) is 0 Å². The summed E-state index contributed by atoms with van der Waals surface area (Å²) in [5, 5.41) is 0.831. The molecular formula is C19H21N3O3S. The Balaban J connectivity index is 1.73. The summed E-state index contributed by atoms with van der Waals surface area (Å²) in [5.41, 5.74) is 3.32. The van der Waals surface area contributed by atoms with E-state index in [9.17, 15) is 4.79 Å². The lowest BCUT2D eigenvalue weighted by atomic mass is 9.82. The Morgan fingerprint density at radius 1 is 1.19 bits per heavy atom. The lowest BCUT2D eigenvalue weighted by Gasteiger charge is -2.49. The van der Waals surface area contributed by atoms with Gasteiger partial charge in [0.15, 0.2) is 5.17 Å². The summed E-state index contributed by atoms with van der Waals surface area (Å²) in [5.74, 6) is 2.60. The van der Waals surface area contributed by atoms with Crippen molar-refractivity contribution in [3.05, 3.63) is 35.2 Å². The molecule has 5 aliphatic rings. The molecule has 0 aliphatic carbocycles. The monoisotopic (exact) mass is 371 g/mol. The number of nitrogens with zero attached hydrogens (tertiary/aromatic N) is 3. The first-order chi connectivity index (χ1) is 12.7. The second-order valence-electron chi connectivity index (χ2n) is 6.99. The first-order valence-electron chi connectivity index (χ1n) is 8.95. The minimum absolute atomic E-state index is 0.109. The van der Waals surface area contributed by atoms with Crippen LogP contribution in [0.4, 0.5) is 0 Å². The third-order valence-corrected chi connectivity index (χ3v) is 6.69. The SMILES string of the molecule is COc1ccc(OC)c([C@H]2C3=C(N=C4SCC(=O)N42)C2CCN3CC2)c1. The normalized spacial score (nSPS) is 24.6. The highest BCUT2D eigenvalue weighted by molar-refractivity contribution is 8.15. The highest BCUT2D eigenvalue weighted by Crippen LogP contribution is 2.51. The molecule has 1 atom stereocenters. The van der Waals surface area contributed by atoms with Crippen molar-refractivity contribution in [3.8, 4) is 11.5 Å². The molecule has 0 N–H and O–H groups in total. The van der Waals surface area contributed by atoms with Crippen molar-refractivity contribution in [2.24, 2.45) is 10.9 Å². The Hall–Kier alpha value is -2.15. The van der Waals surface area contributed by atoms with Gasteiger partial charge in [0.25, 0.3) is 0 Å². The second-order valence-corrected chi connectivity index (χ2v) is 7.93. The summed E-state index contributed by atoms with van der Waals surface area (Å²) in [4.78, 5) is 21.9. The molecule has 1 aromatic carbocycles. The van der Waals surface area contributed by atoms with Crippen LogP contribution in [-0.2, 0) is 4.79 Å². The smallest absolute Gasteiger partial charge is 0.239 e. The van der Waals surface area contributed by atoms with Gasteiger partial charge in [-0.05, 0) is 31.0 Å². The highest BCUT2D eigenvalue weighted by Gasteiger charge is 2.48. The number of fused-ring (bicyclic) bond motifs is 3. The van der Waals surface area contributed by atoms with Gasteiger partial charge in [-0.3, -0.25) is 9.69 Å². The number of aliphatic imine (C=N–C) groups is 1. The Morgan fingerprint density at radius 3 is 2.73 bits per heavy atom. The Labute approximate surface area is 156 Å². The van der Waals surface area contributed by atoms with Crippen LogP contribution in [0.1, 0.15) is 24.4 Å². The number of carbonyl (C=O) groups excluding carboxylic acids is 1. The molecule has 1 aromatic rings. The van der Waals surface area contributed by atoms with Crippen molar-refractivity contribution < 1.29 is 14.3 Å². The lowest BCUT2D eigenvalue weighted by Crippen LogP contribution is -2.49. The molecule has 0 spiro atoms. The van der Waals surface area contributed by atoms with Crippen molar-refractivity contribution in [2.45, 2.75) is 18.9 Å². The van der Waals surface area contributed by atoms with Crippen molar-refractivity contribution >= 4 is 22.8 Å². The quantitative estimate of drug-likeness (QED) is 0.818. The second kappa shape index (κ2) is 5.94. The average molecular weight is 371 g/mol. The van der Waals surface area contributed by atoms with E-state index in [4.69, 9.17) is 14.5 Å². The Morgan fingerprint density at radius 2 is 2.00 bits per heavy atom. The number of piperidine rings is 1. The first-order valence-corrected chi connectivity index (χ1v) is 9.94. The van der Waals surface area contributed by atoms with Crippen molar-refractivity contribution in [2.75, 3.05) is 33.1 Å². The molecule has 0 radical (unpaired) electrons. The van der Waals surface area contributed by atoms with Crippen LogP contribution < -0.4 is 9.47 Å². The summed E-state index contributed by atoms with van der Waals surface area (Å²) >= 11 is 1.54. The van der Waals surface area contributed by atoms with Gasteiger partial charge in [-0.25, -0.2) is 4.99 Å². The molecule has 26 heavy (non-hydrogen) atoms. The van der Waals surface area contributed by atoms with Gasteiger partial charge in [0, 0.05) is 24.6 Å². The number of rotatable bonds is 3. The van der Waals surface area contributed by atoms with Gasteiger partial charge in [-0.15, -0.1) is 0 Å². The summed E-state index contributed by atoms with van der Waals surface area (Å²) in [6.45, 7) is 2.07. The molecule has 6 nitrogen and oxygen atoms in total. The lowest BCUT2D eigenvalue weighted by molar-refractivity contribution is -0.125. The molecule has 2 saturated heterocycles. The predicted molar refractivity (Wildman–Crippen MR) is 100 cm³/mol.